The molecule has 1 rings (SSSR count). The largest absolute Gasteiger partial charge is 0.450 e. The summed E-state index contributed by atoms with van der Waals surface area (Å²) in [6.45, 7) is 4.56. The number of allylic oxidation sites excluding steroid dienone is 2. The van der Waals surface area contributed by atoms with Crippen molar-refractivity contribution in [3.05, 3.63) is 11.3 Å². The maximum absolute atomic E-state index is 13.2. The molecule has 0 aromatic rings. The second-order valence-corrected chi connectivity index (χ2v) is 4.89. The second kappa shape index (κ2) is 7.22. The zero-order valence-electron chi connectivity index (χ0n) is 12.7. The van der Waals surface area contributed by atoms with Crippen LogP contribution in [0.15, 0.2) is 16.4 Å². The van der Waals surface area contributed by atoms with Crippen molar-refractivity contribution in [3.8, 4) is 0 Å². The van der Waals surface area contributed by atoms with Gasteiger partial charge in [-0.15, -0.1) is 0 Å². The fourth-order valence-electron chi connectivity index (χ4n) is 2.41. The van der Waals surface area contributed by atoms with Crippen molar-refractivity contribution in [3.63, 3.8) is 0 Å². The van der Waals surface area contributed by atoms with Crippen molar-refractivity contribution in [1.82, 2.24) is 10.3 Å². The number of hydrogen-bond acceptors (Lipinski definition) is 3. The minimum absolute atomic E-state index is 0.0885. The highest BCUT2D eigenvalue weighted by atomic mass is 19.4. The number of nitrogens with one attached hydrogen (secondary N) is 2. The van der Waals surface area contributed by atoms with E-state index in [1.807, 2.05) is 0 Å². The van der Waals surface area contributed by atoms with Gasteiger partial charge in [0.05, 0.1) is 0 Å². The van der Waals surface area contributed by atoms with Crippen LogP contribution in [0.25, 0.3) is 0 Å². The number of hydrogen-bond donors (Lipinski definition) is 2. The number of amidine groups is 1. The molecule has 0 aliphatic heterocycles. The van der Waals surface area contributed by atoms with Crippen LogP contribution in [0.5, 0.6) is 0 Å². The number of nitrogens with zero attached hydrogens (tertiary/aromatic N) is 2. The quantitative estimate of drug-likeness (QED) is 0.345. The molecule has 0 atom stereocenters. The second-order valence-electron chi connectivity index (χ2n) is 4.89. The van der Waals surface area contributed by atoms with E-state index >= 15 is 0 Å². The first-order chi connectivity index (χ1) is 10.5. The Hall–Kier alpha value is -1.74. The van der Waals surface area contributed by atoms with Crippen LogP contribution in [-0.2, 0) is 0 Å². The Labute approximate surface area is 129 Å². The van der Waals surface area contributed by atoms with E-state index in [2.05, 4.69) is 5.10 Å². The van der Waals surface area contributed by atoms with E-state index in [1.165, 1.54) is 5.43 Å². The number of alkyl halides is 6. The molecule has 0 fully saturated rings. The van der Waals surface area contributed by atoms with Crippen LogP contribution in [0.2, 0.25) is 0 Å². The van der Waals surface area contributed by atoms with Gasteiger partial charge >= 0.3 is 12.4 Å². The van der Waals surface area contributed by atoms with E-state index in [1.54, 1.807) is 18.7 Å². The molecule has 0 aromatic heterocycles. The molecule has 2 N–H and O–H groups in total. The van der Waals surface area contributed by atoms with E-state index in [4.69, 9.17) is 5.41 Å². The van der Waals surface area contributed by atoms with Gasteiger partial charge in [-0.25, -0.2) is 0 Å². The van der Waals surface area contributed by atoms with E-state index < -0.39 is 23.9 Å². The standard InChI is InChI=1S/C13H18F6N4/c1-3-23(4-2)9-7-5-6-8(9)10(12(14,15)16)21-22-11(20)13(17,18)19/h3-7H2,1-2H3,(H2,20,22)/b21-10-. The summed E-state index contributed by atoms with van der Waals surface area (Å²) in [5.41, 5.74) is 0.121. The highest BCUT2D eigenvalue weighted by Crippen LogP contribution is 2.34. The Balaban J connectivity index is 3.21. The molecule has 4 nitrogen and oxygen atoms in total. The average molecular weight is 344 g/mol. The first-order valence-electron chi connectivity index (χ1n) is 7.06. The van der Waals surface area contributed by atoms with Crippen LogP contribution in [0.3, 0.4) is 0 Å². The fourth-order valence-corrected chi connectivity index (χ4v) is 2.41. The van der Waals surface area contributed by atoms with Crippen molar-refractivity contribution >= 4 is 11.5 Å². The summed E-state index contributed by atoms with van der Waals surface area (Å²) in [6.07, 6.45) is -9.00. The molecule has 0 amide bonds. The summed E-state index contributed by atoms with van der Waals surface area (Å²) in [6, 6.07) is 0. The average Bonchev–Trinajstić information content (AvgIpc) is 2.87. The normalized spacial score (nSPS) is 16.8. The van der Waals surface area contributed by atoms with Crippen LogP contribution in [-0.4, -0.2) is 41.9 Å². The molecule has 0 heterocycles. The lowest BCUT2D eigenvalue weighted by Gasteiger charge is -2.25. The van der Waals surface area contributed by atoms with Crippen LogP contribution < -0.4 is 5.43 Å². The number of hydrazone groups is 1. The zero-order valence-corrected chi connectivity index (χ0v) is 12.7. The maximum Gasteiger partial charge on any atom is 0.450 e. The first kappa shape index (κ1) is 19.3. The van der Waals surface area contributed by atoms with E-state index in [9.17, 15) is 26.3 Å². The Bertz CT molecular complexity index is 500. The molecule has 1 aliphatic rings. The molecule has 0 aromatic carbocycles. The van der Waals surface area contributed by atoms with Gasteiger partial charge in [-0.05, 0) is 33.1 Å². The van der Waals surface area contributed by atoms with Gasteiger partial charge in [-0.3, -0.25) is 10.8 Å². The van der Waals surface area contributed by atoms with Gasteiger partial charge in [-0.1, -0.05) is 0 Å². The van der Waals surface area contributed by atoms with Gasteiger partial charge in [-0.2, -0.15) is 31.4 Å². The van der Waals surface area contributed by atoms with E-state index in [0.717, 1.165) is 0 Å². The third-order valence-electron chi connectivity index (χ3n) is 3.45. The topological polar surface area (TPSA) is 51.5 Å². The van der Waals surface area contributed by atoms with Gasteiger partial charge in [0.2, 0.25) is 5.84 Å². The zero-order chi connectivity index (χ0) is 17.8. The lowest BCUT2D eigenvalue weighted by atomic mass is 10.1. The Kier molecular flexibility index (Phi) is 6.06. The molecule has 23 heavy (non-hydrogen) atoms. The SMILES string of the molecule is CCN(CC)C1=C(/C(=N/NC(=N)C(F)(F)F)C(F)(F)F)CCC1. The van der Waals surface area contributed by atoms with Gasteiger partial charge in [0.15, 0.2) is 5.71 Å². The van der Waals surface area contributed by atoms with Crippen LogP contribution in [0.4, 0.5) is 26.3 Å². The van der Waals surface area contributed by atoms with Crippen LogP contribution in [0, 0.1) is 5.41 Å². The summed E-state index contributed by atoms with van der Waals surface area (Å²) in [5, 5.41) is 9.54. The molecule has 132 valence electrons. The molecule has 10 heteroatoms. The summed E-state index contributed by atoms with van der Waals surface area (Å²) >= 11 is 0. The number of halogens is 6. The van der Waals surface area contributed by atoms with Crippen molar-refractivity contribution in [2.45, 2.75) is 45.5 Å². The van der Waals surface area contributed by atoms with Crippen molar-refractivity contribution in [2.75, 3.05) is 13.1 Å². The monoisotopic (exact) mass is 344 g/mol. The number of rotatable bonds is 5. The molecule has 0 saturated heterocycles. The summed E-state index contributed by atoms with van der Waals surface area (Å²) in [7, 11) is 0. The van der Waals surface area contributed by atoms with Gasteiger partial charge in [0.25, 0.3) is 0 Å². The molecule has 0 radical (unpaired) electrons. The van der Waals surface area contributed by atoms with Gasteiger partial charge in [0, 0.05) is 24.4 Å². The van der Waals surface area contributed by atoms with Crippen LogP contribution in [0.1, 0.15) is 33.1 Å². The van der Waals surface area contributed by atoms with E-state index in [-0.39, 0.29) is 12.0 Å². The summed E-state index contributed by atoms with van der Waals surface area (Å²) < 4.78 is 76.3. The van der Waals surface area contributed by atoms with Gasteiger partial charge in [0.1, 0.15) is 0 Å². The minimum Gasteiger partial charge on any atom is -0.375 e. The fraction of sp³-hybridized carbons (Fsp3) is 0.692. The molecule has 0 unspecified atom stereocenters. The molecular formula is C13H18F6N4. The highest BCUT2D eigenvalue weighted by molar-refractivity contribution is 6.05. The first-order valence-corrected chi connectivity index (χ1v) is 7.06. The Morgan fingerprint density at radius 2 is 1.65 bits per heavy atom. The van der Waals surface area contributed by atoms with Crippen LogP contribution >= 0.6 is 0 Å². The smallest absolute Gasteiger partial charge is 0.375 e. The Morgan fingerprint density at radius 3 is 2.09 bits per heavy atom. The lowest BCUT2D eigenvalue weighted by molar-refractivity contribution is -0.0644. The summed E-state index contributed by atoms with van der Waals surface area (Å²) in [5.74, 6) is -2.04. The minimum atomic E-state index is -5.08. The van der Waals surface area contributed by atoms with Crippen molar-refractivity contribution < 1.29 is 26.3 Å². The molecule has 0 bridgehead atoms. The highest BCUT2D eigenvalue weighted by Gasteiger charge is 2.42. The van der Waals surface area contributed by atoms with Crippen molar-refractivity contribution in [2.24, 2.45) is 5.10 Å². The molecule has 0 saturated carbocycles. The van der Waals surface area contributed by atoms with Crippen molar-refractivity contribution in [1.29, 1.82) is 5.41 Å². The molecular weight excluding hydrogens is 326 g/mol. The third-order valence-corrected chi connectivity index (χ3v) is 3.45. The van der Waals surface area contributed by atoms with E-state index in [0.29, 0.717) is 31.6 Å². The third kappa shape index (κ3) is 4.87. The lowest BCUT2D eigenvalue weighted by Crippen LogP contribution is -2.36. The predicted molar refractivity (Wildman–Crippen MR) is 74.2 cm³/mol. The van der Waals surface area contributed by atoms with Gasteiger partial charge < -0.3 is 4.90 Å². The Morgan fingerprint density at radius 1 is 1.09 bits per heavy atom. The predicted octanol–water partition coefficient (Wildman–Crippen LogP) is 3.81. The molecule has 1 aliphatic carbocycles. The summed E-state index contributed by atoms with van der Waals surface area (Å²) in [4.78, 5) is 1.73. The maximum atomic E-state index is 13.2. The molecule has 0 spiro atoms.